The summed E-state index contributed by atoms with van der Waals surface area (Å²) in [6.07, 6.45) is 4.42. The van der Waals surface area contributed by atoms with Crippen LogP contribution in [0.1, 0.15) is 29.3 Å². The standard InChI is InChI=1S/C25H23N3O2S/c1-4-18-8-11-19(12-9-18)28-24(30)22(23(29)26-25(28)31)15-20-6-5-13-27(20)21-10-7-16(2)17(3)14-21/h5-15H,4H2,1-3H3,(H,26,29,31)/b22-15+. The average molecular weight is 430 g/mol. The summed E-state index contributed by atoms with van der Waals surface area (Å²) in [7, 11) is 0. The van der Waals surface area contributed by atoms with Crippen molar-refractivity contribution >= 4 is 40.9 Å². The predicted molar refractivity (Wildman–Crippen MR) is 127 cm³/mol. The van der Waals surface area contributed by atoms with E-state index in [1.54, 1.807) is 6.08 Å². The van der Waals surface area contributed by atoms with Crippen LogP contribution in [-0.4, -0.2) is 21.5 Å². The molecule has 2 amide bonds. The fraction of sp³-hybridized carbons (Fsp3) is 0.160. The summed E-state index contributed by atoms with van der Waals surface area (Å²) < 4.78 is 1.95. The third-order valence-corrected chi connectivity index (χ3v) is 5.83. The number of hydrogen-bond donors (Lipinski definition) is 1. The number of rotatable bonds is 4. The maximum absolute atomic E-state index is 13.3. The molecular weight excluding hydrogens is 406 g/mol. The van der Waals surface area contributed by atoms with Crippen molar-refractivity contribution in [1.29, 1.82) is 0 Å². The van der Waals surface area contributed by atoms with Crippen molar-refractivity contribution in [2.45, 2.75) is 27.2 Å². The fourth-order valence-corrected chi connectivity index (χ4v) is 3.82. The van der Waals surface area contributed by atoms with Crippen LogP contribution in [0, 0.1) is 13.8 Å². The highest BCUT2D eigenvalue weighted by Gasteiger charge is 2.34. The van der Waals surface area contributed by atoms with Crippen molar-refractivity contribution in [1.82, 2.24) is 9.88 Å². The molecule has 31 heavy (non-hydrogen) atoms. The molecule has 2 aromatic carbocycles. The smallest absolute Gasteiger partial charge is 0.270 e. The summed E-state index contributed by atoms with van der Waals surface area (Å²) >= 11 is 5.29. The zero-order valence-electron chi connectivity index (χ0n) is 17.7. The van der Waals surface area contributed by atoms with Crippen LogP contribution in [0.3, 0.4) is 0 Å². The van der Waals surface area contributed by atoms with Gasteiger partial charge in [0.25, 0.3) is 11.8 Å². The van der Waals surface area contributed by atoms with Crippen molar-refractivity contribution in [3.05, 3.63) is 88.8 Å². The number of hydrogen-bond acceptors (Lipinski definition) is 3. The van der Waals surface area contributed by atoms with Gasteiger partial charge in [0.1, 0.15) is 5.57 Å². The van der Waals surface area contributed by atoms with E-state index >= 15 is 0 Å². The third-order valence-electron chi connectivity index (χ3n) is 5.55. The van der Waals surface area contributed by atoms with E-state index in [0.29, 0.717) is 5.69 Å². The maximum Gasteiger partial charge on any atom is 0.270 e. The van der Waals surface area contributed by atoms with E-state index in [9.17, 15) is 9.59 Å². The molecule has 1 saturated heterocycles. The molecule has 6 heteroatoms. The number of aryl methyl sites for hydroxylation is 3. The minimum atomic E-state index is -0.496. The number of carbonyl (C=O) groups is 2. The zero-order valence-corrected chi connectivity index (χ0v) is 18.5. The molecule has 1 fully saturated rings. The van der Waals surface area contributed by atoms with Gasteiger partial charge in [-0.2, -0.15) is 0 Å². The highest BCUT2D eigenvalue weighted by molar-refractivity contribution is 7.80. The Hall–Kier alpha value is -3.51. The first-order valence-corrected chi connectivity index (χ1v) is 10.5. The lowest BCUT2D eigenvalue weighted by Crippen LogP contribution is -2.54. The Morgan fingerprint density at radius 1 is 0.968 bits per heavy atom. The van der Waals surface area contributed by atoms with Gasteiger partial charge in [0.15, 0.2) is 5.11 Å². The normalized spacial score (nSPS) is 15.5. The lowest BCUT2D eigenvalue weighted by molar-refractivity contribution is -0.122. The second kappa shape index (κ2) is 8.32. The molecule has 4 rings (SSSR count). The Labute approximate surface area is 187 Å². The molecule has 0 unspecified atom stereocenters. The van der Waals surface area contributed by atoms with E-state index in [-0.39, 0.29) is 10.7 Å². The highest BCUT2D eigenvalue weighted by atomic mass is 32.1. The summed E-state index contributed by atoms with van der Waals surface area (Å²) in [6.45, 7) is 6.19. The molecule has 1 N–H and O–H groups in total. The van der Waals surface area contributed by atoms with E-state index < -0.39 is 11.8 Å². The molecular formula is C25H23N3O2S. The van der Waals surface area contributed by atoms with Gasteiger partial charge in [-0.3, -0.25) is 19.8 Å². The first-order chi connectivity index (χ1) is 14.9. The van der Waals surface area contributed by atoms with Gasteiger partial charge in [0.2, 0.25) is 0 Å². The van der Waals surface area contributed by atoms with Gasteiger partial charge in [-0.05, 0) is 91.7 Å². The molecule has 156 valence electrons. The fourth-order valence-electron chi connectivity index (χ4n) is 3.54. The van der Waals surface area contributed by atoms with E-state index in [0.717, 1.165) is 23.4 Å². The van der Waals surface area contributed by atoms with Crippen LogP contribution in [0.15, 0.2) is 66.4 Å². The van der Waals surface area contributed by atoms with Crippen molar-refractivity contribution in [2.75, 3.05) is 4.90 Å². The van der Waals surface area contributed by atoms with E-state index in [2.05, 4.69) is 38.2 Å². The number of carbonyl (C=O) groups excluding carboxylic acids is 2. The lowest BCUT2D eigenvalue weighted by atomic mass is 10.1. The predicted octanol–water partition coefficient (Wildman–Crippen LogP) is 4.49. The second-order valence-corrected chi connectivity index (χ2v) is 7.94. The van der Waals surface area contributed by atoms with Crippen molar-refractivity contribution in [3.63, 3.8) is 0 Å². The van der Waals surface area contributed by atoms with Crippen molar-refractivity contribution < 1.29 is 9.59 Å². The second-order valence-electron chi connectivity index (χ2n) is 7.55. The SMILES string of the molecule is CCc1ccc(N2C(=O)/C(=C/c3cccn3-c3ccc(C)c(C)c3)C(=O)NC2=S)cc1. The molecule has 1 aromatic heterocycles. The summed E-state index contributed by atoms with van der Waals surface area (Å²) in [6, 6.07) is 17.5. The summed E-state index contributed by atoms with van der Waals surface area (Å²) in [5, 5.41) is 2.73. The molecule has 0 atom stereocenters. The molecule has 3 aromatic rings. The summed E-state index contributed by atoms with van der Waals surface area (Å²) in [4.78, 5) is 27.3. The zero-order chi connectivity index (χ0) is 22.1. The first-order valence-electron chi connectivity index (χ1n) is 10.1. The van der Waals surface area contributed by atoms with Gasteiger partial charge in [-0.25, -0.2) is 0 Å². The van der Waals surface area contributed by atoms with Gasteiger partial charge in [0.05, 0.1) is 5.69 Å². The average Bonchev–Trinajstić information content (AvgIpc) is 3.22. The van der Waals surface area contributed by atoms with Gasteiger partial charge in [-0.1, -0.05) is 25.1 Å². The molecule has 0 bridgehead atoms. The topological polar surface area (TPSA) is 54.3 Å². The molecule has 0 aliphatic carbocycles. The molecule has 0 saturated carbocycles. The Balaban J connectivity index is 1.73. The molecule has 2 heterocycles. The number of amides is 2. The maximum atomic E-state index is 13.3. The minimum absolute atomic E-state index is 0.0388. The number of nitrogens with zero attached hydrogens (tertiary/aromatic N) is 2. The largest absolute Gasteiger partial charge is 0.317 e. The number of anilines is 1. The molecule has 0 spiro atoms. The van der Waals surface area contributed by atoms with Crippen LogP contribution in [0.5, 0.6) is 0 Å². The molecule has 0 radical (unpaired) electrons. The van der Waals surface area contributed by atoms with Gasteiger partial charge >= 0.3 is 0 Å². The Kier molecular flexibility index (Phi) is 5.57. The monoisotopic (exact) mass is 429 g/mol. The van der Waals surface area contributed by atoms with Crippen LogP contribution in [0.2, 0.25) is 0 Å². The molecule has 1 aliphatic heterocycles. The van der Waals surface area contributed by atoms with Gasteiger partial charge in [-0.15, -0.1) is 0 Å². The number of aromatic nitrogens is 1. The third kappa shape index (κ3) is 3.94. The van der Waals surface area contributed by atoms with E-state index in [4.69, 9.17) is 12.2 Å². The van der Waals surface area contributed by atoms with Crippen LogP contribution >= 0.6 is 12.2 Å². The molecule has 5 nitrogen and oxygen atoms in total. The van der Waals surface area contributed by atoms with Gasteiger partial charge in [0, 0.05) is 17.6 Å². The highest BCUT2D eigenvalue weighted by Crippen LogP contribution is 2.24. The lowest BCUT2D eigenvalue weighted by Gasteiger charge is -2.29. The van der Waals surface area contributed by atoms with Crippen LogP contribution in [0.25, 0.3) is 11.8 Å². The quantitative estimate of drug-likeness (QED) is 0.378. The van der Waals surface area contributed by atoms with Crippen LogP contribution < -0.4 is 10.2 Å². The minimum Gasteiger partial charge on any atom is -0.317 e. The summed E-state index contributed by atoms with van der Waals surface area (Å²) in [5.41, 5.74) is 5.89. The van der Waals surface area contributed by atoms with Crippen LogP contribution in [0.4, 0.5) is 5.69 Å². The van der Waals surface area contributed by atoms with E-state index in [1.807, 2.05) is 53.2 Å². The Morgan fingerprint density at radius 3 is 2.35 bits per heavy atom. The number of thiocarbonyl (C=S) groups is 1. The molecule has 1 aliphatic rings. The first kappa shape index (κ1) is 20.8. The summed E-state index contributed by atoms with van der Waals surface area (Å²) in [5.74, 6) is -0.935. The number of benzene rings is 2. The van der Waals surface area contributed by atoms with Crippen molar-refractivity contribution in [2.24, 2.45) is 0 Å². The Morgan fingerprint density at radius 2 is 1.68 bits per heavy atom. The Bertz CT molecular complexity index is 1220. The number of nitrogens with one attached hydrogen (secondary N) is 1. The van der Waals surface area contributed by atoms with Crippen LogP contribution in [-0.2, 0) is 16.0 Å². The van der Waals surface area contributed by atoms with Crippen molar-refractivity contribution in [3.8, 4) is 5.69 Å². The van der Waals surface area contributed by atoms with E-state index in [1.165, 1.54) is 16.0 Å². The van der Waals surface area contributed by atoms with Gasteiger partial charge < -0.3 is 4.57 Å².